The number of nitrogens with one attached hydrogen (secondary N) is 2. The first-order chi connectivity index (χ1) is 12.4. The van der Waals surface area contributed by atoms with Crippen LogP contribution in [0.3, 0.4) is 0 Å². The molecule has 1 aliphatic heterocycles. The fraction of sp³-hybridized carbons (Fsp3) is 0.300. The molecule has 2 heterocycles. The van der Waals surface area contributed by atoms with Crippen LogP contribution >= 0.6 is 11.6 Å². The summed E-state index contributed by atoms with van der Waals surface area (Å²) in [6.45, 7) is 10.9. The van der Waals surface area contributed by atoms with Crippen molar-refractivity contribution in [1.29, 1.82) is 0 Å². The van der Waals surface area contributed by atoms with Crippen molar-refractivity contribution in [2.24, 2.45) is 7.05 Å². The summed E-state index contributed by atoms with van der Waals surface area (Å²) in [5.74, 6) is 0. The molecular formula is C20H25ClN4O. The molecule has 1 atom stereocenters. The minimum atomic E-state index is -0.00630. The number of halogens is 1. The highest BCUT2D eigenvalue weighted by atomic mass is 35.5. The van der Waals surface area contributed by atoms with Gasteiger partial charge >= 0.3 is 0 Å². The lowest BCUT2D eigenvalue weighted by Crippen LogP contribution is -2.22. The van der Waals surface area contributed by atoms with Crippen LogP contribution < -0.4 is 16.2 Å². The molecule has 0 spiro atoms. The Morgan fingerprint density at radius 1 is 1.50 bits per heavy atom. The van der Waals surface area contributed by atoms with E-state index in [1.807, 2.05) is 31.2 Å². The van der Waals surface area contributed by atoms with Crippen LogP contribution in [0.25, 0.3) is 10.9 Å². The van der Waals surface area contributed by atoms with Gasteiger partial charge in [-0.2, -0.15) is 0 Å². The number of anilines is 1. The molecule has 0 bridgehead atoms. The zero-order chi connectivity index (χ0) is 19.1. The second kappa shape index (κ2) is 9.36. The lowest BCUT2D eigenvalue weighted by molar-refractivity contribution is 0.793. The van der Waals surface area contributed by atoms with E-state index in [-0.39, 0.29) is 5.56 Å². The summed E-state index contributed by atoms with van der Waals surface area (Å²) < 4.78 is 1.50. The van der Waals surface area contributed by atoms with Crippen LogP contribution in [-0.4, -0.2) is 28.7 Å². The van der Waals surface area contributed by atoms with E-state index in [0.29, 0.717) is 16.5 Å². The Bertz CT molecular complexity index is 879. The van der Waals surface area contributed by atoms with Crippen molar-refractivity contribution in [1.82, 2.24) is 14.9 Å². The molecule has 0 amide bonds. The van der Waals surface area contributed by atoms with Crippen LogP contribution in [0.4, 0.5) is 5.69 Å². The Morgan fingerprint density at radius 2 is 2.27 bits per heavy atom. The standard InChI is InChI=1S/C13H16N4O.C7H9Cl/c1-17-8-15-12-3-2-9(6-11(12)13(17)18)16-10-4-5-14-7-10;1-4-5-6(2)7(3)8/h2-3,6,8,10,14,16H,4-5,7H2,1H3;4-5H,1,3H2,2H3/b;6-5-. The minimum Gasteiger partial charge on any atom is -0.381 e. The topological polar surface area (TPSA) is 59.0 Å². The maximum absolute atomic E-state index is 12.0. The third-order valence-electron chi connectivity index (χ3n) is 4.14. The summed E-state index contributed by atoms with van der Waals surface area (Å²) >= 11 is 5.50. The second-order valence-corrected chi connectivity index (χ2v) is 6.67. The summed E-state index contributed by atoms with van der Waals surface area (Å²) in [5, 5.41) is 7.99. The van der Waals surface area contributed by atoms with Gasteiger partial charge in [0.25, 0.3) is 5.56 Å². The lowest BCUT2D eigenvalue weighted by atomic mass is 10.2. The molecule has 26 heavy (non-hydrogen) atoms. The number of rotatable bonds is 4. The highest BCUT2D eigenvalue weighted by Crippen LogP contribution is 2.16. The summed E-state index contributed by atoms with van der Waals surface area (Å²) in [7, 11) is 1.72. The normalized spacial score (nSPS) is 16.7. The molecule has 138 valence electrons. The van der Waals surface area contributed by atoms with E-state index in [2.05, 4.69) is 28.8 Å². The van der Waals surface area contributed by atoms with Crippen molar-refractivity contribution in [3.05, 3.63) is 70.8 Å². The smallest absolute Gasteiger partial charge is 0.260 e. The minimum absolute atomic E-state index is 0.00630. The lowest BCUT2D eigenvalue weighted by Gasteiger charge is -2.13. The van der Waals surface area contributed by atoms with E-state index in [0.717, 1.165) is 36.3 Å². The molecule has 1 fully saturated rings. The average molecular weight is 373 g/mol. The van der Waals surface area contributed by atoms with Crippen molar-refractivity contribution >= 4 is 28.2 Å². The number of benzene rings is 1. The van der Waals surface area contributed by atoms with Gasteiger partial charge in [-0.05, 0) is 43.7 Å². The van der Waals surface area contributed by atoms with Crippen LogP contribution in [0.5, 0.6) is 0 Å². The summed E-state index contributed by atoms with van der Waals surface area (Å²) in [4.78, 5) is 16.2. The highest BCUT2D eigenvalue weighted by molar-refractivity contribution is 6.31. The van der Waals surface area contributed by atoms with Crippen molar-refractivity contribution < 1.29 is 0 Å². The average Bonchev–Trinajstić information content (AvgIpc) is 3.12. The van der Waals surface area contributed by atoms with Gasteiger partial charge in [0.05, 0.1) is 17.2 Å². The van der Waals surface area contributed by atoms with Crippen LogP contribution in [-0.2, 0) is 7.05 Å². The predicted octanol–water partition coefficient (Wildman–Crippen LogP) is 3.58. The molecule has 1 saturated heterocycles. The van der Waals surface area contributed by atoms with Gasteiger partial charge in [0, 0.05) is 30.4 Å². The van der Waals surface area contributed by atoms with Crippen molar-refractivity contribution in [3.63, 3.8) is 0 Å². The summed E-state index contributed by atoms with van der Waals surface area (Å²) in [6, 6.07) is 6.21. The first-order valence-electron chi connectivity index (χ1n) is 8.49. The first-order valence-corrected chi connectivity index (χ1v) is 8.87. The van der Waals surface area contributed by atoms with E-state index >= 15 is 0 Å². The quantitative estimate of drug-likeness (QED) is 0.805. The van der Waals surface area contributed by atoms with Crippen LogP contribution in [0, 0.1) is 0 Å². The van der Waals surface area contributed by atoms with E-state index in [4.69, 9.17) is 11.6 Å². The second-order valence-electron chi connectivity index (χ2n) is 6.22. The molecule has 1 unspecified atom stereocenters. The fourth-order valence-electron chi connectivity index (χ4n) is 2.58. The molecule has 3 rings (SSSR count). The number of hydrogen-bond acceptors (Lipinski definition) is 4. The molecule has 0 saturated carbocycles. The Hall–Kier alpha value is -2.37. The fourth-order valence-corrected chi connectivity index (χ4v) is 2.64. The van der Waals surface area contributed by atoms with Crippen LogP contribution in [0.2, 0.25) is 0 Å². The largest absolute Gasteiger partial charge is 0.381 e. The summed E-state index contributed by atoms with van der Waals surface area (Å²) in [6.07, 6.45) is 6.17. The van der Waals surface area contributed by atoms with Crippen LogP contribution in [0.1, 0.15) is 13.3 Å². The van der Waals surface area contributed by atoms with Gasteiger partial charge in [-0.15, -0.1) is 0 Å². The monoisotopic (exact) mass is 372 g/mol. The van der Waals surface area contributed by atoms with Gasteiger partial charge in [0.2, 0.25) is 0 Å². The van der Waals surface area contributed by atoms with Gasteiger partial charge in [0.1, 0.15) is 0 Å². The number of fused-ring (bicyclic) bond motifs is 1. The maximum Gasteiger partial charge on any atom is 0.260 e. The molecule has 0 radical (unpaired) electrons. The Balaban J connectivity index is 0.000000260. The van der Waals surface area contributed by atoms with Crippen molar-refractivity contribution in [3.8, 4) is 0 Å². The maximum atomic E-state index is 12.0. The van der Waals surface area contributed by atoms with E-state index < -0.39 is 0 Å². The SMILES string of the molecule is C=C/C=C(/C)C(=C)Cl.Cn1cnc2ccc(NC3CCNC3)cc2c1=O. The molecule has 1 aliphatic rings. The molecule has 2 aromatic rings. The van der Waals surface area contributed by atoms with Crippen LogP contribution in [0.15, 0.2) is 65.2 Å². The zero-order valence-corrected chi connectivity index (χ0v) is 16.0. The number of aromatic nitrogens is 2. The third kappa shape index (κ3) is 5.31. The molecular weight excluding hydrogens is 348 g/mol. The third-order valence-corrected chi connectivity index (χ3v) is 4.44. The number of nitrogens with zero attached hydrogens (tertiary/aromatic N) is 2. The zero-order valence-electron chi connectivity index (χ0n) is 15.3. The van der Waals surface area contributed by atoms with Gasteiger partial charge in [-0.25, -0.2) is 4.98 Å². The molecule has 5 nitrogen and oxygen atoms in total. The predicted molar refractivity (Wildman–Crippen MR) is 111 cm³/mol. The molecule has 2 N–H and O–H groups in total. The molecule has 1 aromatic carbocycles. The Morgan fingerprint density at radius 3 is 2.85 bits per heavy atom. The summed E-state index contributed by atoms with van der Waals surface area (Å²) in [5.41, 5.74) is 2.68. The molecule has 6 heteroatoms. The van der Waals surface area contributed by atoms with E-state index in [9.17, 15) is 4.79 Å². The van der Waals surface area contributed by atoms with Crippen molar-refractivity contribution in [2.45, 2.75) is 19.4 Å². The van der Waals surface area contributed by atoms with Crippen molar-refractivity contribution in [2.75, 3.05) is 18.4 Å². The number of aryl methyl sites for hydroxylation is 1. The van der Waals surface area contributed by atoms with Gasteiger partial charge in [-0.3, -0.25) is 4.79 Å². The Kier molecular flexibility index (Phi) is 7.18. The number of hydrogen-bond donors (Lipinski definition) is 2. The first kappa shape index (κ1) is 19.9. The number of allylic oxidation sites excluding steroid dienone is 4. The van der Waals surface area contributed by atoms with Gasteiger partial charge in [-0.1, -0.05) is 36.9 Å². The Labute approximate surface area is 159 Å². The van der Waals surface area contributed by atoms with E-state index in [1.165, 1.54) is 4.57 Å². The van der Waals surface area contributed by atoms with Gasteiger partial charge in [0.15, 0.2) is 0 Å². The van der Waals surface area contributed by atoms with E-state index in [1.54, 1.807) is 19.5 Å². The molecule has 0 aliphatic carbocycles. The molecule has 1 aromatic heterocycles. The van der Waals surface area contributed by atoms with Gasteiger partial charge < -0.3 is 15.2 Å². The highest BCUT2D eigenvalue weighted by Gasteiger charge is 2.14.